The molecular weight excluding hydrogens is 308 g/mol. The van der Waals surface area contributed by atoms with E-state index in [1.165, 1.54) is 19.6 Å². The first-order valence-corrected chi connectivity index (χ1v) is 10.8. The topological polar surface area (TPSA) is 13.0 Å². The summed E-state index contributed by atoms with van der Waals surface area (Å²) >= 11 is 0. The summed E-state index contributed by atoms with van der Waals surface area (Å²) in [5.41, 5.74) is 0. The van der Waals surface area contributed by atoms with Gasteiger partial charge in [-0.3, -0.25) is 19.6 Å². The van der Waals surface area contributed by atoms with Crippen LogP contribution in [0.1, 0.15) is 62.3 Å². The fraction of sp³-hybridized carbons (Fsp3) is 1.00. The second kappa shape index (κ2) is 14.0. The molecule has 0 aromatic carbocycles. The third-order valence-electron chi connectivity index (χ3n) is 5.87. The van der Waals surface area contributed by atoms with E-state index in [2.05, 4.69) is 81.9 Å². The Morgan fingerprint density at radius 2 is 0.640 bits per heavy atom. The third kappa shape index (κ3) is 8.85. The van der Waals surface area contributed by atoms with Gasteiger partial charge in [-0.25, -0.2) is 0 Å². The summed E-state index contributed by atoms with van der Waals surface area (Å²) in [4.78, 5) is 10.5. The fourth-order valence-electron chi connectivity index (χ4n) is 4.23. The van der Waals surface area contributed by atoms with Gasteiger partial charge in [-0.2, -0.15) is 0 Å². The van der Waals surface area contributed by atoms with Crippen LogP contribution < -0.4 is 0 Å². The molecule has 0 radical (unpaired) electrons. The molecule has 0 heterocycles. The molecule has 0 spiro atoms. The smallest absolute Gasteiger partial charge is 0.0194 e. The van der Waals surface area contributed by atoms with Gasteiger partial charge < -0.3 is 0 Å². The van der Waals surface area contributed by atoms with Crippen LogP contribution in [0.25, 0.3) is 0 Å². The Balaban J connectivity index is 5.02. The Morgan fingerprint density at radius 1 is 0.440 bits per heavy atom. The molecule has 0 bridgehead atoms. The van der Waals surface area contributed by atoms with Crippen molar-refractivity contribution in [2.75, 3.05) is 58.9 Å². The van der Waals surface area contributed by atoms with E-state index in [4.69, 9.17) is 0 Å². The summed E-state index contributed by atoms with van der Waals surface area (Å²) in [6, 6.07) is 1.84. The first kappa shape index (κ1) is 24.8. The average Bonchev–Trinajstić information content (AvgIpc) is 2.57. The minimum absolute atomic E-state index is 0.614. The summed E-state index contributed by atoms with van der Waals surface area (Å²) in [6.07, 6.45) is 0. The van der Waals surface area contributed by atoms with Crippen LogP contribution in [0.15, 0.2) is 0 Å². The van der Waals surface area contributed by atoms with Crippen LogP contribution in [0, 0.1) is 0 Å². The molecule has 4 heteroatoms. The van der Waals surface area contributed by atoms with Crippen molar-refractivity contribution in [3.05, 3.63) is 0 Å². The van der Waals surface area contributed by atoms with Gasteiger partial charge in [0.1, 0.15) is 0 Å². The van der Waals surface area contributed by atoms with Crippen molar-refractivity contribution in [1.82, 2.24) is 19.6 Å². The van der Waals surface area contributed by atoms with Crippen molar-refractivity contribution in [3.8, 4) is 0 Å². The Kier molecular flexibility index (Phi) is 13.9. The van der Waals surface area contributed by atoms with E-state index in [0.29, 0.717) is 18.1 Å². The van der Waals surface area contributed by atoms with E-state index in [1.807, 2.05) is 0 Å². The monoisotopic (exact) mass is 356 g/mol. The fourth-order valence-corrected chi connectivity index (χ4v) is 4.23. The van der Waals surface area contributed by atoms with Crippen molar-refractivity contribution in [2.24, 2.45) is 0 Å². The zero-order valence-electron chi connectivity index (χ0n) is 18.9. The predicted molar refractivity (Wildman–Crippen MR) is 114 cm³/mol. The normalized spacial score (nSPS) is 16.2. The van der Waals surface area contributed by atoms with Crippen LogP contribution in [-0.2, 0) is 0 Å². The van der Waals surface area contributed by atoms with Gasteiger partial charge >= 0.3 is 0 Å². The first-order valence-electron chi connectivity index (χ1n) is 10.8. The molecule has 152 valence electrons. The van der Waals surface area contributed by atoms with E-state index < -0.39 is 0 Å². The summed E-state index contributed by atoms with van der Waals surface area (Å²) in [7, 11) is 0. The Labute approximate surface area is 159 Å². The average molecular weight is 357 g/mol. The highest BCUT2D eigenvalue weighted by Crippen LogP contribution is 2.09. The van der Waals surface area contributed by atoms with Crippen molar-refractivity contribution < 1.29 is 0 Å². The lowest BCUT2D eigenvalue weighted by molar-refractivity contribution is 0.0928. The molecular formula is C21H48N4. The SMILES string of the molecule is CCN(CC)C(C)CN(CC(C)N(CC)CC)CC(C)N(CC)CC. The second-order valence-electron chi connectivity index (χ2n) is 7.43. The predicted octanol–water partition coefficient (Wildman–Crippen LogP) is 3.48. The van der Waals surface area contributed by atoms with Crippen LogP contribution in [0.2, 0.25) is 0 Å². The largest absolute Gasteiger partial charge is 0.300 e. The van der Waals surface area contributed by atoms with E-state index in [-0.39, 0.29) is 0 Å². The van der Waals surface area contributed by atoms with Crippen molar-refractivity contribution >= 4 is 0 Å². The zero-order valence-corrected chi connectivity index (χ0v) is 18.9. The molecule has 0 amide bonds. The van der Waals surface area contributed by atoms with Crippen molar-refractivity contribution in [3.63, 3.8) is 0 Å². The van der Waals surface area contributed by atoms with Gasteiger partial charge in [0.05, 0.1) is 0 Å². The summed E-state index contributed by atoms with van der Waals surface area (Å²) < 4.78 is 0. The highest BCUT2D eigenvalue weighted by atomic mass is 15.3. The molecule has 25 heavy (non-hydrogen) atoms. The lowest BCUT2D eigenvalue weighted by atomic mass is 10.1. The minimum Gasteiger partial charge on any atom is -0.300 e. The maximum absolute atomic E-state index is 2.72. The van der Waals surface area contributed by atoms with Gasteiger partial charge in [0.2, 0.25) is 0 Å². The molecule has 0 saturated heterocycles. The van der Waals surface area contributed by atoms with Crippen molar-refractivity contribution in [2.45, 2.75) is 80.4 Å². The van der Waals surface area contributed by atoms with Gasteiger partial charge in [0.15, 0.2) is 0 Å². The van der Waals surface area contributed by atoms with Crippen LogP contribution in [0.3, 0.4) is 0 Å². The van der Waals surface area contributed by atoms with Gasteiger partial charge in [0, 0.05) is 37.8 Å². The molecule has 0 aliphatic carbocycles. The van der Waals surface area contributed by atoms with Gasteiger partial charge in [-0.05, 0) is 60.0 Å². The summed E-state index contributed by atoms with van der Waals surface area (Å²) in [6.45, 7) is 31.2. The van der Waals surface area contributed by atoms with Gasteiger partial charge in [0.25, 0.3) is 0 Å². The molecule has 0 rings (SSSR count). The standard InChI is InChI=1S/C21H48N4/c1-10-23(11-2)19(7)16-22(17-20(8)24(12-3)13-4)18-21(9)25(14-5)15-6/h19-21H,10-18H2,1-9H3. The lowest BCUT2D eigenvalue weighted by Gasteiger charge is -2.39. The van der Waals surface area contributed by atoms with Crippen LogP contribution in [0.4, 0.5) is 0 Å². The molecule has 0 aromatic rings. The van der Waals surface area contributed by atoms with E-state index in [0.717, 1.165) is 39.3 Å². The highest BCUT2D eigenvalue weighted by Gasteiger charge is 2.22. The number of likely N-dealkylation sites (N-methyl/N-ethyl adjacent to an activating group) is 3. The third-order valence-corrected chi connectivity index (χ3v) is 5.87. The molecule has 0 saturated carbocycles. The number of nitrogens with zero attached hydrogens (tertiary/aromatic N) is 4. The molecule has 0 aliphatic rings. The zero-order chi connectivity index (χ0) is 19.4. The molecule has 3 atom stereocenters. The van der Waals surface area contributed by atoms with Crippen LogP contribution >= 0.6 is 0 Å². The Bertz CT molecular complexity index is 251. The minimum atomic E-state index is 0.614. The first-order chi connectivity index (χ1) is 11.9. The second-order valence-corrected chi connectivity index (χ2v) is 7.43. The summed E-state index contributed by atoms with van der Waals surface area (Å²) in [5.74, 6) is 0. The quantitative estimate of drug-likeness (QED) is 0.445. The Hall–Kier alpha value is -0.160. The molecule has 0 aliphatic heterocycles. The van der Waals surface area contributed by atoms with E-state index in [1.54, 1.807) is 0 Å². The van der Waals surface area contributed by atoms with Crippen molar-refractivity contribution in [1.29, 1.82) is 0 Å². The number of rotatable bonds is 15. The molecule has 4 nitrogen and oxygen atoms in total. The number of hydrogen-bond donors (Lipinski definition) is 0. The maximum atomic E-state index is 2.72. The van der Waals surface area contributed by atoms with Gasteiger partial charge in [-0.1, -0.05) is 41.5 Å². The lowest BCUT2D eigenvalue weighted by Crippen LogP contribution is -2.51. The molecule has 0 aromatic heterocycles. The van der Waals surface area contributed by atoms with Gasteiger partial charge in [-0.15, -0.1) is 0 Å². The number of hydrogen-bond acceptors (Lipinski definition) is 4. The Morgan fingerprint density at radius 3 is 0.800 bits per heavy atom. The molecule has 0 fully saturated rings. The summed E-state index contributed by atoms with van der Waals surface area (Å²) in [5, 5.41) is 0. The highest BCUT2D eigenvalue weighted by molar-refractivity contribution is 4.79. The van der Waals surface area contributed by atoms with E-state index in [9.17, 15) is 0 Å². The van der Waals surface area contributed by atoms with E-state index >= 15 is 0 Å². The van der Waals surface area contributed by atoms with Crippen LogP contribution in [-0.4, -0.2) is 96.6 Å². The maximum Gasteiger partial charge on any atom is 0.0194 e. The molecule has 0 N–H and O–H groups in total. The molecule has 3 unspecified atom stereocenters. The van der Waals surface area contributed by atoms with Crippen LogP contribution in [0.5, 0.6) is 0 Å².